The number of fused-ring (bicyclic) bond motifs is 1. The highest BCUT2D eigenvalue weighted by Crippen LogP contribution is 2.40. The number of nitrogens with zero attached hydrogens (tertiary/aromatic N) is 1. The molecule has 10 nitrogen and oxygen atoms in total. The van der Waals surface area contributed by atoms with Crippen molar-refractivity contribution in [1.82, 2.24) is 4.57 Å². The normalized spacial score (nSPS) is 22.2. The lowest BCUT2D eigenvalue weighted by molar-refractivity contribution is -0.239. The average Bonchev–Trinajstić information content (AvgIpc) is 3.25. The quantitative estimate of drug-likeness (QED) is 0.377. The van der Waals surface area contributed by atoms with Crippen LogP contribution in [0.2, 0.25) is 0 Å². The summed E-state index contributed by atoms with van der Waals surface area (Å²) >= 11 is 0. The van der Waals surface area contributed by atoms with Crippen molar-refractivity contribution in [1.29, 1.82) is 0 Å². The van der Waals surface area contributed by atoms with Crippen LogP contribution in [-0.4, -0.2) is 59.6 Å². The van der Waals surface area contributed by atoms with Gasteiger partial charge >= 0.3 is 17.9 Å². The summed E-state index contributed by atoms with van der Waals surface area (Å²) in [5.74, 6) is -1.36. The highest BCUT2D eigenvalue weighted by molar-refractivity contribution is 5.91. The number of aromatic nitrogens is 1. The van der Waals surface area contributed by atoms with Crippen molar-refractivity contribution in [3.05, 3.63) is 65.9 Å². The van der Waals surface area contributed by atoms with Crippen molar-refractivity contribution in [2.45, 2.75) is 51.4 Å². The van der Waals surface area contributed by atoms with E-state index in [-0.39, 0.29) is 6.61 Å². The van der Waals surface area contributed by atoms with Gasteiger partial charge in [-0.25, -0.2) is 0 Å². The predicted molar refractivity (Wildman–Crippen MR) is 131 cm³/mol. The second-order valence-electron chi connectivity index (χ2n) is 8.68. The number of carbonyl (C=O) groups is 3. The lowest BCUT2D eigenvalue weighted by atomic mass is 10.0. The lowest BCUT2D eigenvalue weighted by Crippen LogP contribution is -2.55. The molecule has 1 saturated heterocycles. The van der Waals surface area contributed by atoms with E-state index in [0.717, 1.165) is 0 Å². The molecule has 1 aliphatic rings. The van der Waals surface area contributed by atoms with Gasteiger partial charge in [-0.2, -0.15) is 0 Å². The van der Waals surface area contributed by atoms with Gasteiger partial charge < -0.3 is 33.4 Å². The first kappa shape index (κ1) is 26.2. The summed E-state index contributed by atoms with van der Waals surface area (Å²) in [4.78, 5) is 35.8. The molecule has 1 aromatic heterocycles. The molecule has 10 heteroatoms. The van der Waals surface area contributed by atoms with Gasteiger partial charge in [0.05, 0.1) is 19.2 Å². The van der Waals surface area contributed by atoms with Crippen LogP contribution in [0, 0.1) is 0 Å². The summed E-state index contributed by atoms with van der Waals surface area (Å²) in [6.07, 6.45) is -3.57. The topological polar surface area (TPSA) is 123 Å². The first-order chi connectivity index (χ1) is 17.7. The van der Waals surface area contributed by atoms with Crippen LogP contribution >= 0.6 is 0 Å². The Bertz CT molecular complexity index is 1290. The van der Waals surface area contributed by atoms with Crippen LogP contribution in [0.5, 0.6) is 5.75 Å². The molecular formula is C27H29NO9. The van der Waals surface area contributed by atoms with Gasteiger partial charge in [-0.05, 0) is 17.7 Å². The second kappa shape index (κ2) is 11.0. The zero-order valence-electron chi connectivity index (χ0n) is 21.0. The monoisotopic (exact) mass is 511 g/mol. The van der Waals surface area contributed by atoms with E-state index >= 15 is 0 Å². The number of aliphatic hydroxyl groups is 1. The van der Waals surface area contributed by atoms with Crippen molar-refractivity contribution >= 4 is 28.8 Å². The number of aliphatic hydroxyl groups excluding tert-OH is 1. The molecule has 196 valence electrons. The van der Waals surface area contributed by atoms with Crippen LogP contribution in [0.25, 0.3) is 10.9 Å². The molecule has 0 bridgehead atoms. The van der Waals surface area contributed by atoms with E-state index in [1.54, 1.807) is 22.9 Å². The minimum atomic E-state index is -1.16. The highest BCUT2D eigenvalue weighted by atomic mass is 16.6. The molecule has 1 unspecified atom stereocenters. The summed E-state index contributed by atoms with van der Waals surface area (Å²) in [6.45, 7) is 3.53. The zero-order chi connectivity index (χ0) is 26.7. The Kier molecular flexibility index (Phi) is 7.80. The maximum absolute atomic E-state index is 12.1. The van der Waals surface area contributed by atoms with Crippen LogP contribution in [0.1, 0.15) is 44.2 Å². The smallest absolute Gasteiger partial charge is 0.303 e. The predicted octanol–water partition coefficient (Wildman–Crippen LogP) is 3.06. The summed E-state index contributed by atoms with van der Waals surface area (Å²) < 4.78 is 29.8. The molecule has 0 saturated carbocycles. The molecule has 2 heterocycles. The highest BCUT2D eigenvalue weighted by Gasteiger charge is 2.48. The van der Waals surface area contributed by atoms with Crippen molar-refractivity contribution in [2.75, 3.05) is 13.7 Å². The van der Waals surface area contributed by atoms with E-state index in [9.17, 15) is 19.5 Å². The minimum Gasteiger partial charge on any atom is -0.496 e. The SMILES string of the molecule is COc1cccc2c1c(C(O)c1ccccc1)cn2[C@@H]1OC[C@@H](OC(C)=O)[C@H](OC(C)=O)[C@H]1OC(C)=O. The number of ether oxygens (including phenoxy) is 5. The molecule has 1 fully saturated rings. The maximum Gasteiger partial charge on any atom is 0.303 e. The zero-order valence-corrected chi connectivity index (χ0v) is 21.0. The van der Waals surface area contributed by atoms with E-state index in [0.29, 0.717) is 27.8 Å². The van der Waals surface area contributed by atoms with E-state index in [2.05, 4.69) is 0 Å². The van der Waals surface area contributed by atoms with Crippen LogP contribution < -0.4 is 4.74 Å². The fourth-order valence-electron chi connectivity index (χ4n) is 4.67. The van der Waals surface area contributed by atoms with Crippen LogP contribution in [0.4, 0.5) is 0 Å². The Morgan fingerprint density at radius 1 is 0.919 bits per heavy atom. The molecule has 0 amide bonds. The van der Waals surface area contributed by atoms with E-state index < -0.39 is 48.6 Å². The third-order valence-corrected chi connectivity index (χ3v) is 6.08. The van der Waals surface area contributed by atoms with Gasteiger partial charge in [-0.15, -0.1) is 0 Å². The molecule has 5 atom stereocenters. The number of methoxy groups -OCH3 is 1. The number of hydrogen-bond donors (Lipinski definition) is 1. The van der Waals surface area contributed by atoms with Crippen LogP contribution in [0.3, 0.4) is 0 Å². The Hall–Kier alpha value is -3.89. The molecule has 2 aromatic carbocycles. The van der Waals surface area contributed by atoms with Gasteiger partial charge in [0.15, 0.2) is 24.5 Å². The molecule has 3 aromatic rings. The molecule has 1 N–H and O–H groups in total. The summed E-state index contributed by atoms with van der Waals surface area (Å²) in [5, 5.41) is 12.0. The van der Waals surface area contributed by atoms with E-state index in [1.165, 1.54) is 27.9 Å². The average molecular weight is 512 g/mol. The number of carbonyl (C=O) groups excluding carboxylic acids is 3. The van der Waals surface area contributed by atoms with Crippen molar-refractivity contribution in [3.8, 4) is 5.75 Å². The number of esters is 3. The summed E-state index contributed by atoms with van der Waals surface area (Å²) in [5.41, 5.74) is 1.83. The van der Waals surface area contributed by atoms with Gasteiger partial charge in [0, 0.05) is 37.9 Å². The number of benzene rings is 2. The lowest BCUT2D eigenvalue weighted by Gasteiger charge is -2.41. The third kappa shape index (κ3) is 5.45. The second-order valence-corrected chi connectivity index (χ2v) is 8.68. The van der Waals surface area contributed by atoms with Gasteiger partial charge in [0.25, 0.3) is 0 Å². The van der Waals surface area contributed by atoms with Crippen molar-refractivity contribution in [3.63, 3.8) is 0 Å². The van der Waals surface area contributed by atoms with Crippen molar-refractivity contribution < 1.29 is 43.2 Å². The van der Waals surface area contributed by atoms with Crippen molar-refractivity contribution in [2.24, 2.45) is 0 Å². The Balaban J connectivity index is 1.87. The number of hydrogen-bond acceptors (Lipinski definition) is 9. The Morgan fingerprint density at radius 2 is 1.57 bits per heavy atom. The fourth-order valence-corrected chi connectivity index (χ4v) is 4.67. The van der Waals surface area contributed by atoms with Gasteiger partial charge in [0.2, 0.25) is 0 Å². The van der Waals surface area contributed by atoms with E-state index in [1.807, 2.05) is 36.4 Å². The van der Waals surface area contributed by atoms with Crippen LogP contribution in [0.15, 0.2) is 54.7 Å². The first-order valence-corrected chi connectivity index (χ1v) is 11.7. The van der Waals surface area contributed by atoms with Crippen LogP contribution in [-0.2, 0) is 33.3 Å². The largest absolute Gasteiger partial charge is 0.496 e. The standard InChI is InChI=1S/C27H29NO9/c1-15(29)35-22-14-34-27(26(37-17(3)31)25(22)36-16(2)30)28-13-19(24(32)18-9-6-5-7-10-18)23-20(28)11-8-12-21(23)33-4/h5-13,22,24-27,32H,14H2,1-4H3/t22-,24?,25+,26-,27-/m1/s1. The van der Waals surface area contributed by atoms with Gasteiger partial charge in [-0.1, -0.05) is 36.4 Å². The Labute approximate surface area is 213 Å². The number of rotatable bonds is 7. The molecule has 37 heavy (non-hydrogen) atoms. The molecule has 0 radical (unpaired) electrons. The molecule has 4 rings (SSSR count). The molecule has 0 aliphatic carbocycles. The van der Waals surface area contributed by atoms with E-state index in [4.69, 9.17) is 23.7 Å². The molecule has 1 aliphatic heterocycles. The molecule has 0 spiro atoms. The molecular weight excluding hydrogens is 482 g/mol. The first-order valence-electron chi connectivity index (χ1n) is 11.7. The third-order valence-electron chi connectivity index (χ3n) is 6.08. The van der Waals surface area contributed by atoms with Gasteiger partial charge in [-0.3, -0.25) is 14.4 Å². The summed E-state index contributed by atoms with van der Waals surface area (Å²) in [6, 6.07) is 14.5. The minimum absolute atomic E-state index is 0.125. The fraction of sp³-hybridized carbons (Fsp3) is 0.370. The van der Waals surface area contributed by atoms with Gasteiger partial charge in [0.1, 0.15) is 11.9 Å². The summed E-state index contributed by atoms with van der Waals surface area (Å²) in [7, 11) is 1.53. The Morgan fingerprint density at radius 3 is 2.19 bits per heavy atom. The maximum atomic E-state index is 12.1.